The topological polar surface area (TPSA) is 55.8 Å². The van der Waals surface area contributed by atoms with Gasteiger partial charge >= 0.3 is 5.97 Å². The van der Waals surface area contributed by atoms with Crippen LogP contribution >= 0.6 is 11.8 Å². The Kier molecular flexibility index (Phi) is 5.15. The average molecular weight is 288 g/mol. The molecule has 5 atom stereocenters. The van der Waals surface area contributed by atoms with E-state index in [1.807, 2.05) is 0 Å². The fourth-order valence-electron chi connectivity index (χ4n) is 2.97. The third kappa shape index (κ3) is 3.86. The lowest BCUT2D eigenvalue weighted by atomic mass is 9.75. The molecule has 0 aromatic heterocycles. The van der Waals surface area contributed by atoms with Gasteiger partial charge in [0.15, 0.2) is 6.29 Å². The Balaban J connectivity index is 1.92. The molecule has 0 bridgehead atoms. The van der Waals surface area contributed by atoms with Crippen molar-refractivity contribution in [3.63, 3.8) is 0 Å². The zero-order chi connectivity index (χ0) is 14.0. The van der Waals surface area contributed by atoms with Crippen molar-refractivity contribution in [1.29, 1.82) is 0 Å². The molecule has 2 rings (SSSR count). The summed E-state index contributed by atoms with van der Waals surface area (Å²) in [6, 6.07) is 0. The second kappa shape index (κ2) is 6.46. The maximum atomic E-state index is 12.1. The maximum Gasteiger partial charge on any atom is 0.346 e. The standard InChI is InChI=1S/C14H24O4S/c1-8(2)10-5-4-9(3)6-11(10)17-13(16)14-18-12(15)7-19-14/h8-12,14-15H,4-7H2,1-3H3/t9-,10-,11-,12-,14+/m1/s1. The van der Waals surface area contributed by atoms with E-state index in [1.54, 1.807) is 0 Å². The smallest absolute Gasteiger partial charge is 0.346 e. The van der Waals surface area contributed by atoms with Crippen LogP contribution in [0.15, 0.2) is 0 Å². The Hall–Kier alpha value is -0.260. The summed E-state index contributed by atoms with van der Waals surface area (Å²) in [4.78, 5) is 12.1. The molecule has 1 N–H and O–H groups in total. The van der Waals surface area contributed by atoms with Gasteiger partial charge in [0.25, 0.3) is 0 Å². The largest absolute Gasteiger partial charge is 0.459 e. The number of ether oxygens (including phenoxy) is 2. The van der Waals surface area contributed by atoms with Gasteiger partial charge in [-0.2, -0.15) is 0 Å². The van der Waals surface area contributed by atoms with Gasteiger partial charge in [-0.25, -0.2) is 4.79 Å². The molecule has 5 heteroatoms. The molecular formula is C14H24O4S. The lowest BCUT2D eigenvalue weighted by molar-refractivity contribution is -0.172. The number of aliphatic hydroxyl groups is 1. The van der Waals surface area contributed by atoms with Gasteiger partial charge < -0.3 is 14.6 Å². The van der Waals surface area contributed by atoms with Crippen LogP contribution in [0.2, 0.25) is 0 Å². The van der Waals surface area contributed by atoms with E-state index in [9.17, 15) is 9.90 Å². The van der Waals surface area contributed by atoms with Crippen molar-refractivity contribution < 1.29 is 19.4 Å². The maximum absolute atomic E-state index is 12.1. The molecule has 19 heavy (non-hydrogen) atoms. The Labute approximate surface area is 119 Å². The van der Waals surface area contributed by atoms with Gasteiger partial charge in [-0.15, -0.1) is 11.8 Å². The van der Waals surface area contributed by atoms with Crippen molar-refractivity contribution in [3.05, 3.63) is 0 Å². The molecule has 0 aromatic rings. The number of thioether (sulfide) groups is 1. The number of esters is 1. The molecule has 110 valence electrons. The zero-order valence-corrected chi connectivity index (χ0v) is 12.7. The van der Waals surface area contributed by atoms with Gasteiger partial charge in [0, 0.05) is 5.75 Å². The van der Waals surface area contributed by atoms with Crippen molar-refractivity contribution in [1.82, 2.24) is 0 Å². The molecule has 0 aromatic carbocycles. The number of carbonyl (C=O) groups excluding carboxylic acids is 1. The number of rotatable bonds is 3. The zero-order valence-electron chi connectivity index (χ0n) is 11.9. The van der Waals surface area contributed by atoms with E-state index in [-0.39, 0.29) is 12.1 Å². The summed E-state index contributed by atoms with van der Waals surface area (Å²) in [6.45, 7) is 6.58. The number of carbonyl (C=O) groups is 1. The first kappa shape index (κ1) is 15.1. The molecule has 1 saturated carbocycles. The summed E-state index contributed by atoms with van der Waals surface area (Å²) in [5, 5.41) is 9.29. The molecule has 2 aliphatic rings. The molecule has 1 saturated heterocycles. The van der Waals surface area contributed by atoms with E-state index in [2.05, 4.69) is 20.8 Å². The van der Waals surface area contributed by atoms with Gasteiger partial charge in [-0.3, -0.25) is 0 Å². The second-order valence-corrected chi connectivity index (χ2v) is 7.15. The molecule has 1 aliphatic carbocycles. The van der Waals surface area contributed by atoms with Crippen LogP contribution < -0.4 is 0 Å². The molecule has 0 unspecified atom stereocenters. The minimum absolute atomic E-state index is 0.00167. The van der Waals surface area contributed by atoms with Crippen LogP contribution in [0, 0.1) is 17.8 Å². The molecule has 2 fully saturated rings. The van der Waals surface area contributed by atoms with Crippen LogP contribution in [0.4, 0.5) is 0 Å². The summed E-state index contributed by atoms with van der Waals surface area (Å²) in [5.41, 5.74) is -0.653. The minimum atomic E-state index is -0.839. The van der Waals surface area contributed by atoms with Gasteiger partial charge in [0.05, 0.1) is 0 Å². The highest BCUT2D eigenvalue weighted by atomic mass is 32.2. The fourth-order valence-corrected chi connectivity index (χ4v) is 3.79. The first-order valence-corrected chi connectivity index (χ1v) is 8.18. The third-order valence-corrected chi connectivity index (χ3v) is 5.18. The predicted octanol–water partition coefficient (Wildman–Crippen LogP) is 2.40. The Morgan fingerprint density at radius 1 is 1.42 bits per heavy atom. The fraction of sp³-hybridized carbons (Fsp3) is 0.929. The summed E-state index contributed by atoms with van der Waals surface area (Å²) < 4.78 is 10.8. The molecule has 0 amide bonds. The van der Waals surface area contributed by atoms with Crippen LogP contribution in [-0.4, -0.2) is 34.7 Å². The SMILES string of the molecule is CC(C)[C@H]1CC[C@@H](C)C[C@H]1OC(=O)[C@H]1O[C@@H](O)CS1. The molecule has 1 aliphatic heterocycles. The van der Waals surface area contributed by atoms with Gasteiger partial charge in [-0.1, -0.05) is 27.2 Å². The molecule has 0 spiro atoms. The summed E-state index contributed by atoms with van der Waals surface area (Å²) in [7, 11) is 0. The molecular weight excluding hydrogens is 264 g/mol. The molecule has 0 radical (unpaired) electrons. The number of hydrogen-bond acceptors (Lipinski definition) is 5. The second-order valence-electron chi connectivity index (χ2n) is 6.06. The third-order valence-electron chi connectivity index (χ3n) is 4.09. The van der Waals surface area contributed by atoms with Crippen LogP contribution in [0.5, 0.6) is 0 Å². The lowest BCUT2D eigenvalue weighted by Crippen LogP contribution is -2.38. The lowest BCUT2D eigenvalue weighted by Gasteiger charge is -2.37. The van der Waals surface area contributed by atoms with Crippen molar-refractivity contribution in [2.75, 3.05) is 5.75 Å². The van der Waals surface area contributed by atoms with Gasteiger partial charge in [-0.05, 0) is 30.6 Å². The van der Waals surface area contributed by atoms with Crippen molar-refractivity contribution in [2.24, 2.45) is 17.8 Å². The van der Waals surface area contributed by atoms with Crippen LogP contribution in [0.3, 0.4) is 0 Å². The van der Waals surface area contributed by atoms with Crippen molar-refractivity contribution in [3.8, 4) is 0 Å². The quantitative estimate of drug-likeness (QED) is 0.808. The number of hydrogen-bond donors (Lipinski definition) is 1. The Morgan fingerprint density at radius 2 is 2.16 bits per heavy atom. The van der Waals surface area contributed by atoms with E-state index in [0.29, 0.717) is 23.5 Å². The Bertz CT molecular complexity index is 321. The monoisotopic (exact) mass is 288 g/mol. The van der Waals surface area contributed by atoms with E-state index < -0.39 is 11.7 Å². The molecule has 1 heterocycles. The predicted molar refractivity (Wildman–Crippen MR) is 74.6 cm³/mol. The van der Waals surface area contributed by atoms with E-state index >= 15 is 0 Å². The normalized spacial score (nSPS) is 39.5. The minimum Gasteiger partial charge on any atom is -0.459 e. The Morgan fingerprint density at radius 3 is 2.74 bits per heavy atom. The van der Waals surface area contributed by atoms with Crippen LogP contribution in [0.25, 0.3) is 0 Å². The van der Waals surface area contributed by atoms with Crippen molar-refractivity contribution in [2.45, 2.75) is 57.9 Å². The summed E-state index contributed by atoms with van der Waals surface area (Å²) in [6.07, 6.45) is 2.43. The summed E-state index contributed by atoms with van der Waals surface area (Å²) >= 11 is 1.31. The molecule has 4 nitrogen and oxygen atoms in total. The highest BCUT2D eigenvalue weighted by molar-refractivity contribution is 8.00. The van der Waals surface area contributed by atoms with E-state index in [4.69, 9.17) is 9.47 Å². The van der Waals surface area contributed by atoms with Crippen LogP contribution in [0.1, 0.15) is 40.0 Å². The van der Waals surface area contributed by atoms with Gasteiger partial charge in [0.1, 0.15) is 6.10 Å². The van der Waals surface area contributed by atoms with Gasteiger partial charge in [0.2, 0.25) is 5.44 Å². The highest BCUT2D eigenvalue weighted by Crippen LogP contribution is 2.36. The summed E-state index contributed by atoms with van der Waals surface area (Å²) in [5.74, 6) is 1.68. The van der Waals surface area contributed by atoms with Crippen LogP contribution in [-0.2, 0) is 14.3 Å². The van der Waals surface area contributed by atoms with Crippen molar-refractivity contribution >= 4 is 17.7 Å². The van der Waals surface area contributed by atoms with E-state index in [0.717, 1.165) is 12.8 Å². The first-order valence-electron chi connectivity index (χ1n) is 7.13. The highest BCUT2D eigenvalue weighted by Gasteiger charge is 2.37. The average Bonchev–Trinajstić information content (AvgIpc) is 2.75. The first-order chi connectivity index (χ1) is 8.97. The van der Waals surface area contributed by atoms with E-state index in [1.165, 1.54) is 18.2 Å². The number of aliphatic hydroxyl groups excluding tert-OH is 1.